The van der Waals surface area contributed by atoms with Gasteiger partial charge >= 0.3 is 5.97 Å². The van der Waals surface area contributed by atoms with Crippen LogP contribution in [0.2, 0.25) is 0 Å². The van der Waals surface area contributed by atoms with E-state index in [4.69, 9.17) is 4.74 Å². The van der Waals surface area contributed by atoms with Crippen molar-refractivity contribution >= 4 is 18.0 Å². The average molecular weight is 417 g/mol. The molecule has 30 heavy (non-hydrogen) atoms. The molecular weight excluding hydrogens is 376 g/mol. The van der Waals surface area contributed by atoms with E-state index in [1.54, 1.807) is 0 Å². The molecule has 0 fully saturated rings. The predicted molar refractivity (Wildman–Crippen MR) is 123 cm³/mol. The SMILES string of the molecule is CC(C)CNNC(=O)[C@@H](CC(C)C)[C@H](CC=Cc1ccccc1)C(=O)OC(C)(C)C. The Morgan fingerprint density at radius 2 is 1.63 bits per heavy atom. The average Bonchev–Trinajstić information content (AvgIpc) is 2.62. The summed E-state index contributed by atoms with van der Waals surface area (Å²) in [5.74, 6) is -0.830. The summed E-state index contributed by atoms with van der Waals surface area (Å²) in [6.07, 6.45) is 5.00. The molecule has 0 saturated carbocycles. The minimum Gasteiger partial charge on any atom is -0.460 e. The molecule has 0 radical (unpaired) electrons. The van der Waals surface area contributed by atoms with Crippen LogP contribution in [0.15, 0.2) is 36.4 Å². The molecule has 168 valence electrons. The summed E-state index contributed by atoms with van der Waals surface area (Å²) >= 11 is 0. The Hall–Kier alpha value is -2.14. The first-order chi connectivity index (χ1) is 14.0. The minimum absolute atomic E-state index is 0.159. The summed E-state index contributed by atoms with van der Waals surface area (Å²) in [5, 5.41) is 0. The van der Waals surface area contributed by atoms with Crippen molar-refractivity contribution in [1.29, 1.82) is 0 Å². The Kier molecular flexibility index (Phi) is 10.8. The van der Waals surface area contributed by atoms with Gasteiger partial charge in [0.1, 0.15) is 5.60 Å². The number of esters is 1. The molecule has 0 aliphatic rings. The van der Waals surface area contributed by atoms with Gasteiger partial charge in [0.15, 0.2) is 0 Å². The second-order valence-corrected chi connectivity index (χ2v) is 9.69. The Bertz CT molecular complexity index is 675. The number of rotatable bonds is 11. The number of benzene rings is 1. The highest BCUT2D eigenvalue weighted by Crippen LogP contribution is 2.28. The van der Waals surface area contributed by atoms with Gasteiger partial charge in [-0.05, 0) is 51.0 Å². The minimum atomic E-state index is -0.604. The maximum absolute atomic E-state index is 13.1. The van der Waals surface area contributed by atoms with Crippen LogP contribution in [0, 0.1) is 23.7 Å². The highest BCUT2D eigenvalue weighted by Gasteiger charge is 2.36. The first-order valence-corrected chi connectivity index (χ1v) is 11.0. The van der Waals surface area contributed by atoms with Crippen LogP contribution in [0.3, 0.4) is 0 Å². The van der Waals surface area contributed by atoms with Gasteiger partial charge in [0.2, 0.25) is 5.91 Å². The molecule has 0 aliphatic carbocycles. The van der Waals surface area contributed by atoms with Crippen LogP contribution in [0.4, 0.5) is 0 Å². The van der Waals surface area contributed by atoms with Crippen LogP contribution in [0.1, 0.15) is 66.9 Å². The molecule has 1 rings (SSSR count). The van der Waals surface area contributed by atoms with E-state index in [1.165, 1.54) is 0 Å². The number of carbonyl (C=O) groups excluding carboxylic acids is 2. The molecule has 5 nitrogen and oxygen atoms in total. The largest absolute Gasteiger partial charge is 0.460 e. The molecule has 0 heterocycles. The van der Waals surface area contributed by atoms with Crippen molar-refractivity contribution in [2.24, 2.45) is 23.7 Å². The van der Waals surface area contributed by atoms with Gasteiger partial charge in [0, 0.05) is 6.54 Å². The van der Waals surface area contributed by atoms with E-state index in [2.05, 4.69) is 38.5 Å². The Labute approximate surface area is 182 Å². The summed E-state index contributed by atoms with van der Waals surface area (Å²) in [5.41, 5.74) is 6.25. The van der Waals surface area contributed by atoms with Crippen molar-refractivity contribution < 1.29 is 14.3 Å². The van der Waals surface area contributed by atoms with Crippen LogP contribution in [0.5, 0.6) is 0 Å². The summed E-state index contributed by atoms with van der Waals surface area (Å²) in [6, 6.07) is 9.93. The molecule has 0 bridgehead atoms. The molecule has 0 aliphatic heterocycles. The molecule has 0 aromatic heterocycles. The van der Waals surface area contributed by atoms with E-state index in [0.29, 0.717) is 25.3 Å². The zero-order valence-corrected chi connectivity index (χ0v) is 19.7. The number of ether oxygens (including phenoxy) is 1. The fourth-order valence-corrected chi connectivity index (χ4v) is 3.11. The maximum Gasteiger partial charge on any atom is 0.310 e. The number of hydrazine groups is 1. The van der Waals surface area contributed by atoms with Gasteiger partial charge in [0.05, 0.1) is 11.8 Å². The van der Waals surface area contributed by atoms with Gasteiger partial charge in [-0.25, -0.2) is 5.43 Å². The molecular formula is C25H40N2O3. The molecule has 2 N–H and O–H groups in total. The van der Waals surface area contributed by atoms with Crippen molar-refractivity contribution in [3.8, 4) is 0 Å². The van der Waals surface area contributed by atoms with E-state index in [-0.39, 0.29) is 17.8 Å². The lowest BCUT2D eigenvalue weighted by molar-refractivity contribution is -0.164. The second-order valence-electron chi connectivity index (χ2n) is 9.69. The van der Waals surface area contributed by atoms with E-state index in [9.17, 15) is 9.59 Å². The lowest BCUT2D eigenvalue weighted by Crippen LogP contribution is -2.47. The van der Waals surface area contributed by atoms with Crippen LogP contribution in [-0.2, 0) is 14.3 Å². The number of carbonyl (C=O) groups is 2. The summed E-state index contributed by atoms with van der Waals surface area (Å²) < 4.78 is 5.68. The van der Waals surface area contributed by atoms with Gasteiger partial charge < -0.3 is 4.74 Å². The molecule has 1 aromatic rings. The molecule has 0 spiro atoms. The summed E-state index contributed by atoms with van der Waals surface area (Å²) in [6.45, 7) is 14.5. The Morgan fingerprint density at radius 3 is 2.17 bits per heavy atom. The highest BCUT2D eigenvalue weighted by molar-refractivity contribution is 5.85. The Morgan fingerprint density at radius 1 is 1.00 bits per heavy atom. The zero-order valence-electron chi connectivity index (χ0n) is 19.7. The van der Waals surface area contributed by atoms with Gasteiger partial charge in [-0.15, -0.1) is 0 Å². The number of nitrogens with one attached hydrogen (secondary N) is 2. The summed E-state index contributed by atoms with van der Waals surface area (Å²) in [4.78, 5) is 26.1. The van der Waals surface area contributed by atoms with E-state index in [1.807, 2.05) is 63.3 Å². The second kappa shape index (κ2) is 12.5. The normalized spacial score (nSPS) is 14.2. The fraction of sp³-hybridized carbons (Fsp3) is 0.600. The topological polar surface area (TPSA) is 67.4 Å². The van der Waals surface area contributed by atoms with Crippen LogP contribution < -0.4 is 10.9 Å². The van der Waals surface area contributed by atoms with Crippen molar-refractivity contribution in [2.75, 3.05) is 6.54 Å². The molecule has 0 unspecified atom stereocenters. The van der Waals surface area contributed by atoms with E-state index in [0.717, 1.165) is 5.56 Å². The predicted octanol–water partition coefficient (Wildman–Crippen LogP) is 4.99. The van der Waals surface area contributed by atoms with Crippen molar-refractivity contribution in [1.82, 2.24) is 10.9 Å². The number of allylic oxidation sites excluding steroid dienone is 1. The third-order valence-electron chi connectivity index (χ3n) is 4.48. The van der Waals surface area contributed by atoms with Gasteiger partial charge in [-0.3, -0.25) is 15.0 Å². The van der Waals surface area contributed by atoms with E-state index < -0.39 is 17.4 Å². The zero-order chi connectivity index (χ0) is 22.7. The fourth-order valence-electron chi connectivity index (χ4n) is 3.11. The molecule has 1 aromatic carbocycles. The van der Waals surface area contributed by atoms with Gasteiger partial charge in [-0.1, -0.05) is 70.2 Å². The molecule has 1 amide bonds. The molecule has 0 saturated heterocycles. The maximum atomic E-state index is 13.1. The standard InChI is InChI=1S/C25H40N2O3/c1-18(2)16-22(23(28)27-26-17-19(3)4)21(24(29)30-25(5,6)7)15-11-14-20-12-9-8-10-13-20/h8-14,18-19,21-22,26H,15-17H2,1-7H3,(H,27,28)/t21-,22-/m0/s1. The highest BCUT2D eigenvalue weighted by atomic mass is 16.6. The quantitative estimate of drug-likeness (QED) is 0.394. The molecule has 2 atom stereocenters. The smallest absolute Gasteiger partial charge is 0.310 e. The number of hydrogen-bond acceptors (Lipinski definition) is 4. The van der Waals surface area contributed by atoms with Crippen LogP contribution in [0.25, 0.3) is 6.08 Å². The number of hydrogen-bond donors (Lipinski definition) is 2. The van der Waals surface area contributed by atoms with Gasteiger partial charge in [0.25, 0.3) is 0 Å². The number of amides is 1. The van der Waals surface area contributed by atoms with Crippen LogP contribution >= 0.6 is 0 Å². The van der Waals surface area contributed by atoms with Crippen molar-refractivity contribution in [3.63, 3.8) is 0 Å². The van der Waals surface area contributed by atoms with Crippen molar-refractivity contribution in [2.45, 2.75) is 66.9 Å². The van der Waals surface area contributed by atoms with Crippen LogP contribution in [-0.4, -0.2) is 24.0 Å². The lowest BCUT2D eigenvalue weighted by Gasteiger charge is -2.29. The first-order valence-electron chi connectivity index (χ1n) is 11.0. The molecule has 5 heteroatoms. The van der Waals surface area contributed by atoms with Crippen molar-refractivity contribution in [3.05, 3.63) is 42.0 Å². The monoisotopic (exact) mass is 416 g/mol. The third kappa shape index (κ3) is 10.6. The lowest BCUT2D eigenvalue weighted by atomic mass is 9.82. The van der Waals surface area contributed by atoms with Gasteiger partial charge in [-0.2, -0.15) is 0 Å². The first kappa shape index (κ1) is 25.9. The summed E-state index contributed by atoms with van der Waals surface area (Å²) in [7, 11) is 0. The Balaban J connectivity index is 3.05. The third-order valence-corrected chi connectivity index (χ3v) is 4.48. The van der Waals surface area contributed by atoms with E-state index >= 15 is 0 Å².